The second-order valence-electron chi connectivity index (χ2n) is 4.66. The second-order valence-corrected chi connectivity index (χ2v) is 6.52. The zero-order chi connectivity index (χ0) is 13.9. The first-order valence-electron chi connectivity index (χ1n) is 6.40. The van der Waals surface area contributed by atoms with E-state index in [9.17, 15) is 8.42 Å². The summed E-state index contributed by atoms with van der Waals surface area (Å²) in [6.07, 6.45) is 4.52. The highest BCUT2D eigenvalue weighted by Gasteiger charge is 2.34. The van der Waals surface area contributed by atoms with Gasteiger partial charge in [-0.1, -0.05) is 6.42 Å². The minimum absolute atomic E-state index is 0.0147. The summed E-state index contributed by atoms with van der Waals surface area (Å²) in [5, 5.41) is 9.07. The van der Waals surface area contributed by atoms with E-state index in [2.05, 4.69) is 4.98 Å². The van der Waals surface area contributed by atoms with Gasteiger partial charge >= 0.3 is 0 Å². The van der Waals surface area contributed by atoms with Crippen molar-refractivity contribution in [2.75, 3.05) is 18.9 Å². The van der Waals surface area contributed by atoms with Crippen molar-refractivity contribution in [3.05, 3.63) is 18.3 Å². The van der Waals surface area contributed by atoms with E-state index in [0.717, 1.165) is 19.3 Å². The molecule has 1 aromatic heterocycles. The van der Waals surface area contributed by atoms with Crippen molar-refractivity contribution in [2.45, 2.75) is 36.6 Å². The number of nitrogens with two attached hydrogens (primary N) is 1. The van der Waals surface area contributed by atoms with Gasteiger partial charge in [-0.2, -0.15) is 4.31 Å². The molecule has 106 valence electrons. The molecule has 0 bridgehead atoms. The SMILES string of the molecule is Nc1ncccc1S(=O)(=O)N1CCCCC1CCO. The number of piperidine rings is 1. The Morgan fingerprint density at radius 3 is 2.95 bits per heavy atom. The average molecular weight is 285 g/mol. The number of sulfonamides is 1. The van der Waals surface area contributed by atoms with E-state index in [-0.39, 0.29) is 23.4 Å². The van der Waals surface area contributed by atoms with Crippen molar-refractivity contribution in [1.82, 2.24) is 9.29 Å². The number of anilines is 1. The first-order chi connectivity index (χ1) is 9.07. The summed E-state index contributed by atoms with van der Waals surface area (Å²) in [4.78, 5) is 3.89. The summed E-state index contributed by atoms with van der Waals surface area (Å²) in [7, 11) is -3.63. The van der Waals surface area contributed by atoms with Gasteiger partial charge in [0.25, 0.3) is 0 Å². The molecule has 1 fully saturated rings. The third kappa shape index (κ3) is 2.88. The second kappa shape index (κ2) is 5.85. The summed E-state index contributed by atoms with van der Waals surface area (Å²) in [5.74, 6) is 0.0239. The van der Waals surface area contributed by atoms with E-state index >= 15 is 0 Å². The Morgan fingerprint density at radius 2 is 2.26 bits per heavy atom. The van der Waals surface area contributed by atoms with Crippen LogP contribution in [0.5, 0.6) is 0 Å². The average Bonchev–Trinajstić information content (AvgIpc) is 2.40. The fourth-order valence-corrected chi connectivity index (χ4v) is 4.27. The Labute approximate surface area is 113 Å². The van der Waals surface area contributed by atoms with E-state index in [1.54, 1.807) is 6.07 Å². The minimum atomic E-state index is -3.63. The lowest BCUT2D eigenvalue weighted by atomic mass is 10.0. The number of hydrogen-bond acceptors (Lipinski definition) is 5. The van der Waals surface area contributed by atoms with Crippen LogP contribution in [0.4, 0.5) is 5.82 Å². The Hall–Kier alpha value is -1.18. The molecule has 0 aromatic carbocycles. The van der Waals surface area contributed by atoms with Gasteiger partial charge in [0, 0.05) is 25.4 Å². The highest BCUT2D eigenvalue weighted by Crippen LogP contribution is 2.28. The third-order valence-corrected chi connectivity index (χ3v) is 5.42. The molecular formula is C12H19N3O3S. The minimum Gasteiger partial charge on any atom is -0.396 e. The molecule has 0 amide bonds. The Morgan fingerprint density at radius 1 is 1.47 bits per heavy atom. The molecule has 0 aliphatic carbocycles. The van der Waals surface area contributed by atoms with Crippen LogP contribution in [0, 0.1) is 0 Å². The lowest BCUT2D eigenvalue weighted by Gasteiger charge is -2.34. The molecule has 1 aliphatic rings. The van der Waals surface area contributed by atoms with Crippen LogP contribution in [0.3, 0.4) is 0 Å². The van der Waals surface area contributed by atoms with Crippen LogP contribution in [-0.4, -0.2) is 42.0 Å². The smallest absolute Gasteiger partial charge is 0.246 e. The molecule has 2 rings (SSSR count). The summed E-state index contributed by atoms with van der Waals surface area (Å²) >= 11 is 0. The lowest BCUT2D eigenvalue weighted by molar-refractivity contribution is 0.192. The van der Waals surface area contributed by atoms with Crippen LogP contribution in [-0.2, 0) is 10.0 Å². The van der Waals surface area contributed by atoms with E-state index < -0.39 is 10.0 Å². The van der Waals surface area contributed by atoms with E-state index in [0.29, 0.717) is 13.0 Å². The quantitative estimate of drug-likeness (QED) is 0.844. The first-order valence-corrected chi connectivity index (χ1v) is 7.84. The number of aromatic nitrogens is 1. The molecule has 1 aromatic rings. The van der Waals surface area contributed by atoms with Crippen molar-refractivity contribution in [1.29, 1.82) is 0 Å². The molecule has 1 aliphatic heterocycles. The highest BCUT2D eigenvalue weighted by atomic mass is 32.2. The van der Waals surface area contributed by atoms with Gasteiger partial charge in [0.15, 0.2) is 0 Å². The van der Waals surface area contributed by atoms with Gasteiger partial charge in [-0.3, -0.25) is 0 Å². The molecule has 0 saturated carbocycles. The van der Waals surface area contributed by atoms with Crippen molar-refractivity contribution in [3.63, 3.8) is 0 Å². The summed E-state index contributed by atoms with van der Waals surface area (Å²) < 4.78 is 26.7. The number of aliphatic hydroxyl groups excluding tert-OH is 1. The maximum Gasteiger partial charge on any atom is 0.246 e. The van der Waals surface area contributed by atoms with Gasteiger partial charge in [-0.05, 0) is 31.4 Å². The molecule has 19 heavy (non-hydrogen) atoms. The lowest BCUT2D eigenvalue weighted by Crippen LogP contribution is -2.44. The van der Waals surface area contributed by atoms with Crippen molar-refractivity contribution in [3.8, 4) is 0 Å². The summed E-state index contributed by atoms with van der Waals surface area (Å²) in [6.45, 7) is 0.459. The number of rotatable bonds is 4. The number of hydrogen-bond donors (Lipinski definition) is 2. The summed E-state index contributed by atoms with van der Waals surface area (Å²) in [5.41, 5.74) is 5.67. The number of nitrogen functional groups attached to an aromatic ring is 1. The number of aliphatic hydroxyl groups is 1. The zero-order valence-corrected chi connectivity index (χ0v) is 11.5. The number of pyridine rings is 1. The molecule has 6 nitrogen and oxygen atoms in total. The first kappa shape index (κ1) is 14.2. The fraction of sp³-hybridized carbons (Fsp3) is 0.583. The molecular weight excluding hydrogens is 266 g/mol. The molecule has 7 heteroatoms. The third-order valence-electron chi connectivity index (χ3n) is 3.42. The largest absolute Gasteiger partial charge is 0.396 e. The van der Waals surface area contributed by atoms with Crippen LogP contribution in [0.25, 0.3) is 0 Å². The molecule has 1 atom stereocenters. The maximum absolute atomic E-state index is 12.6. The van der Waals surface area contributed by atoms with Crippen LogP contribution >= 0.6 is 0 Å². The zero-order valence-electron chi connectivity index (χ0n) is 10.7. The van der Waals surface area contributed by atoms with E-state index in [1.807, 2.05) is 0 Å². The topological polar surface area (TPSA) is 96.5 Å². The standard InChI is InChI=1S/C12H19N3O3S/c13-12-11(5-3-7-14-12)19(17,18)15-8-2-1-4-10(15)6-9-16/h3,5,7,10,16H,1-2,4,6,8-9H2,(H2,13,14). The van der Waals surface area contributed by atoms with Gasteiger partial charge in [-0.15, -0.1) is 0 Å². The normalized spacial score (nSPS) is 21.4. The van der Waals surface area contributed by atoms with E-state index in [1.165, 1.54) is 16.6 Å². The Bertz CT molecular complexity index is 531. The predicted octanol–water partition coefficient (Wildman–Crippen LogP) is 0.589. The van der Waals surface area contributed by atoms with Gasteiger partial charge < -0.3 is 10.8 Å². The van der Waals surface area contributed by atoms with Crippen LogP contribution in [0.2, 0.25) is 0 Å². The predicted molar refractivity (Wildman–Crippen MR) is 71.9 cm³/mol. The monoisotopic (exact) mass is 285 g/mol. The van der Waals surface area contributed by atoms with Gasteiger partial charge in [-0.25, -0.2) is 13.4 Å². The number of nitrogens with zero attached hydrogens (tertiary/aromatic N) is 2. The van der Waals surface area contributed by atoms with Crippen LogP contribution in [0.15, 0.2) is 23.2 Å². The van der Waals surface area contributed by atoms with Crippen molar-refractivity contribution in [2.24, 2.45) is 0 Å². The van der Waals surface area contributed by atoms with Crippen molar-refractivity contribution < 1.29 is 13.5 Å². The molecule has 1 saturated heterocycles. The Kier molecular flexibility index (Phi) is 4.38. The molecule has 0 radical (unpaired) electrons. The molecule has 0 spiro atoms. The maximum atomic E-state index is 12.6. The summed E-state index contributed by atoms with van der Waals surface area (Å²) in [6, 6.07) is 2.89. The Balaban J connectivity index is 2.35. The van der Waals surface area contributed by atoms with Gasteiger partial charge in [0.1, 0.15) is 10.7 Å². The van der Waals surface area contributed by atoms with E-state index in [4.69, 9.17) is 10.8 Å². The van der Waals surface area contributed by atoms with Crippen molar-refractivity contribution >= 4 is 15.8 Å². The molecule has 3 N–H and O–H groups in total. The fourth-order valence-electron chi connectivity index (χ4n) is 2.48. The highest BCUT2D eigenvalue weighted by molar-refractivity contribution is 7.89. The van der Waals surface area contributed by atoms with Gasteiger partial charge in [0.05, 0.1) is 0 Å². The molecule has 1 unspecified atom stereocenters. The van der Waals surface area contributed by atoms with Crippen LogP contribution < -0.4 is 5.73 Å². The molecule has 2 heterocycles. The van der Waals surface area contributed by atoms with Crippen LogP contribution in [0.1, 0.15) is 25.7 Å². The van der Waals surface area contributed by atoms with Gasteiger partial charge in [0.2, 0.25) is 10.0 Å².